The molecule has 1 aliphatic heterocycles. The van der Waals surface area contributed by atoms with Crippen LogP contribution in [0.5, 0.6) is 0 Å². The molecule has 1 fully saturated rings. The second-order valence-electron chi connectivity index (χ2n) is 8.32. The number of carbonyl (C=O) groups excluding carboxylic acids is 1. The first-order chi connectivity index (χ1) is 17.1. The Balaban J connectivity index is 1.34. The van der Waals surface area contributed by atoms with E-state index >= 15 is 0 Å². The van der Waals surface area contributed by atoms with Crippen LogP contribution in [0.4, 0.5) is 14.5 Å². The van der Waals surface area contributed by atoms with E-state index in [1.165, 1.54) is 24.3 Å². The normalized spacial score (nSPS) is 14.0. The Kier molecular flexibility index (Phi) is 6.39. The zero-order valence-corrected chi connectivity index (χ0v) is 19.0. The summed E-state index contributed by atoms with van der Waals surface area (Å²) in [5, 5.41) is 4.70. The van der Waals surface area contributed by atoms with Gasteiger partial charge in [0.25, 0.3) is 0 Å². The topological polar surface area (TPSA) is 41.4 Å². The van der Waals surface area contributed by atoms with Gasteiger partial charge in [-0.05, 0) is 54.6 Å². The van der Waals surface area contributed by atoms with Crippen molar-refractivity contribution in [3.8, 4) is 16.9 Å². The highest BCUT2D eigenvalue weighted by molar-refractivity contribution is 5.93. The zero-order chi connectivity index (χ0) is 24.2. The number of rotatable bonds is 5. The van der Waals surface area contributed by atoms with Gasteiger partial charge < -0.3 is 9.80 Å². The third-order valence-electron chi connectivity index (χ3n) is 6.07. The number of halogens is 2. The summed E-state index contributed by atoms with van der Waals surface area (Å²) in [5.41, 5.74) is 3.60. The Morgan fingerprint density at radius 3 is 2.23 bits per heavy atom. The number of hydrogen-bond donors (Lipinski definition) is 0. The molecule has 0 aliphatic carbocycles. The average molecular weight is 471 g/mol. The van der Waals surface area contributed by atoms with Crippen molar-refractivity contribution in [2.45, 2.75) is 0 Å². The molecule has 176 valence electrons. The zero-order valence-electron chi connectivity index (χ0n) is 19.0. The van der Waals surface area contributed by atoms with Crippen molar-refractivity contribution >= 4 is 17.7 Å². The van der Waals surface area contributed by atoms with E-state index in [-0.39, 0.29) is 17.5 Å². The Morgan fingerprint density at radius 2 is 1.51 bits per heavy atom. The maximum Gasteiger partial charge on any atom is 0.246 e. The van der Waals surface area contributed by atoms with E-state index in [0.29, 0.717) is 37.6 Å². The van der Waals surface area contributed by atoms with Gasteiger partial charge in [-0.25, -0.2) is 13.5 Å². The number of nitrogens with zero attached hydrogens (tertiary/aromatic N) is 4. The Morgan fingerprint density at radius 1 is 0.829 bits per heavy atom. The molecule has 0 bridgehead atoms. The number of hydrogen-bond acceptors (Lipinski definition) is 3. The van der Waals surface area contributed by atoms with Gasteiger partial charge in [-0.3, -0.25) is 4.79 Å². The van der Waals surface area contributed by atoms with Crippen LogP contribution in [0.1, 0.15) is 5.56 Å². The highest BCUT2D eigenvalue weighted by atomic mass is 19.1. The fourth-order valence-corrected chi connectivity index (χ4v) is 4.20. The van der Waals surface area contributed by atoms with E-state index < -0.39 is 0 Å². The smallest absolute Gasteiger partial charge is 0.246 e. The van der Waals surface area contributed by atoms with Crippen molar-refractivity contribution in [3.05, 3.63) is 108 Å². The van der Waals surface area contributed by atoms with E-state index in [4.69, 9.17) is 5.10 Å². The molecule has 1 saturated heterocycles. The van der Waals surface area contributed by atoms with E-state index in [2.05, 4.69) is 0 Å². The molecule has 0 spiro atoms. The molecular weight excluding hydrogens is 446 g/mol. The first-order valence-electron chi connectivity index (χ1n) is 11.5. The summed E-state index contributed by atoms with van der Waals surface area (Å²) in [5.74, 6) is -0.690. The molecule has 35 heavy (non-hydrogen) atoms. The molecule has 0 N–H and O–H groups in total. The second kappa shape index (κ2) is 9.93. The molecule has 5 rings (SSSR count). The first kappa shape index (κ1) is 22.5. The number of benzene rings is 3. The number of anilines is 1. The van der Waals surface area contributed by atoms with Gasteiger partial charge in [0.1, 0.15) is 11.6 Å². The molecule has 4 aromatic rings. The van der Waals surface area contributed by atoms with Crippen molar-refractivity contribution in [1.82, 2.24) is 14.7 Å². The summed E-state index contributed by atoms with van der Waals surface area (Å²) in [6.45, 7) is 2.14. The lowest BCUT2D eigenvalue weighted by Crippen LogP contribution is -2.48. The predicted molar refractivity (Wildman–Crippen MR) is 133 cm³/mol. The average Bonchev–Trinajstić information content (AvgIpc) is 3.33. The van der Waals surface area contributed by atoms with Gasteiger partial charge in [-0.15, -0.1) is 0 Å². The van der Waals surface area contributed by atoms with Crippen molar-refractivity contribution in [2.75, 3.05) is 31.1 Å². The molecule has 0 radical (unpaired) electrons. The number of aromatic nitrogens is 2. The van der Waals surface area contributed by atoms with E-state index in [1.807, 2.05) is 47.5 Å². The molecule has 5 nitrogen and oxygen atoms in total. The second-order valence-corrected chi connectivity index (χ2v) is 8.32. The highest BCUT2D eigenvalue weighted by Gasteiger charge is 2.21. The van der Waals surface area contributed by atoms with Gasteiger partial charge in [0, 0.05) is 49.6 Å². The van der Waals surface area contributed by atoms with Gasteiger partial charge in [-0.1, -0.05) is 30.3 Å². The summed E-state index contributed by atoms with van der Waals surface area (Å²) in [7, 11) is 0. The fourth-order valence-electron chi connectivity index (χ4n) is 4.20. The Bertz CT molecular complexity index is 1340. The third-order valence-corrected chi connectivity index (χ3v) is 6.07. The summed E-state index contributed by atoms with van der Waals surface area (Å²) in [4.78, 5) is 16.6. The third kappa shape index (κ3) is 4.99. The van der Waals surface area contributed by atoms with Crippen LogP contribution in [0, 0.1) is 11.6 Å². The molecule has 3 aromatic carbocycles. The van der Waals surface area contributed by atoms with Crippen LogP contribution in [0.15, 0.2) is 91.1 Å². The maximum atomic E-state index is 14.1. The molecule has 1 amide bonds. The summed E-state index contributed by atoms with van der Waals surface area (Å²) in [6, 6.07) is 22.5. The van der Waals surface area contributed by atoms with Crippen molar-refractivity contribution < 1.29 is 13.6 Å². The predicted octanol–water partition coefficient (Wildman–Crippen LogP) is 5.18. The minimum Gasteiger partial charge on any atom is -0.366 e. The summed E-state index contributed by atoms with van der Waals surface area (Å²) >= 11 is 0. The largest absolute Gasteiger partial charge is 0.366 e. The van der Waals surface area contributed by atoms with Crippen molar-refractivity contribution in [3.63, 3.8) is 0 Å². The lowest BCUT2D eigenvalue weighted by atomic mass is 10.1. The van der Waals surface area contributed by atoms with Crippen LogP contribution in [-0.2, 0) is 4.79 Å². The quantitative estimate of drug-likeness (QED) is 0.378. The van der Waals surface area contributed by atoms with Crippen molar-refractivity contribution in [2.24, 2.45) is 0 Å². The molecule has 7 heteroatoms. The monoisotopic (exact) mass is 470 g/mol. The summed E-state index contributed by atoms with van der Waals surface area (Å²) in [6.07, 6.45) is 5.14. The van der Waals surface area contributed by atoms with E-state index in [0.717, 1.165) is 16.8 Å². The number of carbonyl (C=O) groups is 1. The number of amides is 1. The molecule has 0 saturated carbocycles. The van der Waals surface area contributed by atoms with E-state index in [9.17, 15) is 13.6 Å². The van der Waals surface area contributed by atoms with Crippen molar-refractivity contribution in [1.29, 1.82) is 0 Å². The minimum absolute atomic E-state index is 0.115. The SMILES string of the molecule is O=C(C=Cc1cn(-c2ccccc2)nc1-c1ccc(F)cc1)N1CCN(c2ccccc2F)CC1. The van der Waals surface area contributed by atoms with Gasteiger partial charge >= 0.3 is 0 Å². The molecule has 1 aliphatic rings. The van der Waals surface area contributed by atoms with Crippen LogP contribution in [0.3, 0.4) is 0 Å². The molecular formula is C28H24F2N4O. The fraction of sp³-hybridized carbons (Fsp3) is 0.143. The first-order valence-corrected chi connectivity index (χ1v) is 11.5. The lowest BCUT2D eigenvalue weighted by Gasteiger charge is -2.35. The van der Waals surface area contributed by atoms with Crippen LogP contribution < -0.4 is 4.90 Å². The molecule has 1 aromatic heterocycles. The Labute approximate surface area is 202 Å². The van der Waals surface area contributed by atoms with Crippen LogP contribution in [0.2, 0.25) is 0 Å². The Hall–Kier alpha value is -4.26. The summed E-state index contributed by atoms with van der Waals surface area (Å²) < 4.78 is 29.3. The maximum absolute atomic E-state index is 14.1. The van der Waals surface area contributed by atoms with Crippen LogP contribution in [0.25, 0.3) is 23.0 Å². The van der Waals surface area contributed by atoms with Gasteiger partial charge in [0.05, 0.1) is 17.1 Å². The standard InChI is InChI=1S/C28H24F2N4O/c29-23-13-10-21(11-14-23)28-22(20-34(31-28)24-6-2-1-3-7-24)12-15-27(35)33-18-16-32(17-19-33)26-9-5-4-8-25(26)30/h1-15,20H,16-19H2. The lowest BCUT2D eigenvalue weighted by molar-refractivity contribution is -0.126. The number of para-hydroxylation sites is 2. The molecule has 0 atom stereocenters. The van der Waals surface area contributed by atoms with Crippen LogP contribution in [-0.4, -0.2) is 46.8 Å². The van der Waals surface area contributed by atoms with Gasteiger partial charge in [0.2, 0.25) is 5.91 Å². The molecule has 0 unspecified atom stereocenters. The highest BCUT2D eigenvalue weighted by Crippen LogP contribution is 2.26. The molecule has 2 heterocycles. The van der Waals surface area contributed by atoms with E-state index in [1.54, 1.807) is 39.9 Å². The number of piperazine rings is 1. The van der Waals surface area contributed by atoms with Crippen LogP contribution >= 0.6 is 0 Å². The minimum atomic E-state index is -0.321. The van der Waals surface area contributed by atoms with Gasteiger partial charge in [0.15, 0.2) is 0 Å². The van der Waals surface area contributed by atoms with Gasteiger partial charge in [-0.2, -0.15) is 5.10 Å².